The summed E-state index contributed by atoms with van der Waals surface area (Å²) in [6.45, 7) is 4.29. The first-order valence-corrected chi connectivity index (χ1v) is 13.7. The van der Waals surface area contributed by atoms with Crippen LogP contribution < -0.4 is 4.80 Å². The van der Waals surface area contributed by atoms with Crippen molar-refractivity contribution in [2.24, 2.45) is 10.1 Å². The van der Waals surface area contributed by atoms with E-state index in [0.29, 0.717) is 16.4 Å². The molecule has 0 fully saturated rings. The van der Waals surface area contributed by atoms with Gasteiger partial charge in [0.2, 0.25) is 14.8 Å². The minimum Gasteiger partial charge on any atom is -0.220 e. The lowest BCUT2D eigenvalue weighted by Crippen LogP contribution is -2.22. The number of aromatic nitrogens is 1. The highest BCUT2D eigenvalue weighted by Crippen LogP contribution is 2.23. The predicted octanol–water partition coefficient (Wildman–Crippen LogP) is 5.84. The van der Waals surface area contributed by atoms with E-state index in [1.807, 2.05) is 17.5 Å². The largest absolute Gasteiger partial charge is 0.242 e. The summed E-state index contributed by atoms with van der Waals surface area (Å²) >= 11 is 1.36. The van der Waals surface area contributed by atoms with Crippen LogP contribution in [0.15, 0.2) is 93.2 Å². The molecule has 0 unspecified atom stereocenters. The van der Waals surface area contributed by atoms with Crippen LogP contribution in [0.1, 0.15) is 30.9 Å². The molecule has 3 aromatic carbocycles. The molecule has 0 aliphatic rings. The Bertz CT molecular complexity index is 1550. The third kappa shape index (κ3) is 5.70. The van der Waals surface area contributed by atoms with E-state index in [2.05, 4.69) is 26.0 Å². The highest BCUT2D eigenvalue weighted by atomic mass is 32.2. The normalized spacial score (nSPS) is 12.8. The molecule has 0 spiro atoms. The lowest BCUT2D eigenvalue weighted by atomic mass is 10.0. The monoisotopic (exact) mass is 522 g/mol. The van der Waals surface area contributed by atoms with Crippen LogP contribution in [-0.2, 0) is 10.0 Å². The maximum absolute atomic E-state index is 13.5. The summed E-state index contributed by atoms with van der Waals surface area (Å²) in [5.41, 5.74) is 4.17. The Morgan fingerprint density at radius 1 is 1.00 bits per heavy atom. The number of thiazole rings is 1. The van der Waals surface area contributed by atoms with Gasteiger partial charge < -0.3 is 0 Å². The van der Waals surface area contributed by atoms with Crippen molar-refractivity contribution in [2.75, 3.05) is 14.1 Å². The standard InChI is InChI=1S/C27H27FN4O2S2/c1-19(2)21-10-8-20(9-11-21)17-29-32-26(22-12-14-23(28)15-13-22)18-35-27(32)30-24-6-5-7-25(16-24)36(33,34)31(3)4/h5-19H,1-4H3/b29-17-,30-27?. The fourth-order valence-electron chi connectivity index (χ4n) is 3.43. The maximum Gasteiger partial charge on any atom is 0.242 e. The van der Waals surface area contributed by atoms with Gasteiger partial charge in [0.15, 0.2) is 0 Å². The second kappa shape index (κ2) is 10.7. The number of hydrogen-bond acceptors (Lipinski definition) is 5. The lowest BCUT2D eigenvalue weighted by Gasteiger charge is -2.11. The molecule has 0 N–H and O–H groups in total. The topological polar surface area (TPSA) is 67.0 Å². The van der Waals surface area contributed by atoms with E-state index in [-0.39, 0.29) is 10.7 Å². The molecular weight excluding hydrogens is 495 g/mol. The van der Waals surface area contributed by atoms with E-state index in [1.54, 1.807) is 41.2 Å². The average Bonchev–Trinajstić information content (AvgIpc) is 3.25. The van der Waals surface area contributed by atoms with Gasteiger partial charge in [-0.25, -0.2) is 26.8 Å². The van der Waals surface area contributed by atoms with Crippen LogP contribution in [0.4, 0.5) is 10.1 Å². The molecule has 0 bridgehead atoms. The lowest BCUT2D eigenvalue weighted by molar-refractivity contribution is 0.521. The van der Waals surface area contributed by atoms with Crippen molar-refractivity contribution in [1.29, 1.82) is 0 Å². The van der Waals surface area contributed by atoms with Gasteiger partial charge in [-0.15, -0.1) is 11.3 Å². The van der Waals surface area contributed by atoms with Crippen LogP contribution in [0.3, 0.4) is 0 Å². The van der Waals surface area contributed by atoms with Gasteiger partial charge in [0.1, 0.15) is 5.82 Å². The quantitative estimate of drug-likeness (QED) is 0.286. The second-order valence-electron chi connectivity index (χ2n) is 8.68. The van der Waals surface area contributed by atoms with Crippen LogP contribution in [0, 0.1) is 5.82 Å². The first-order chi connectivity index (χ1) is 17.1. The summed E-state index contributed by atoms with van der Waals surface area (Å²) in [6.07, 6.45) is 1.75. The van der Waals surface area contributed by atoms with Crippen molar-refractivity contribution in [3.8, 4) is 11.3 Å². The van der Waals surface area contributed by atoms with Crippen LogP contribution in [0.25, 0.3) is 11.3 Å². The summed E-state index contributed by atoms with van der Waals surface area (Å²) in [7, 11) is -0.615. The molecule has 186 valence electrons. The number of rotatable bonds is 7. The summed E-state index contributed by atoms with van der Waals surface area (Å²) in [5.74, 6) is 0.114. The van der Waals surface area contributed by atoms with Crippen molar-refractivity contribution in [1.82, 2.24) is 8.98 Å². The minimum absolute atomic E-state index is 0.157. The van der Waals surface area contributed by atoms with Gasteiger partial charge in [-0.3, -0.25) is 0 Å². The summed E-state index contributed by atoms with van der Waals surface area (Å²) < 4.78 is 41.5. The van der Waals surface area contributed by atoms with Crippen molar-refractivity contribution in [3.63, 3.8) is 0 Å². The SMILES string of the molecule is CC(C)c1ccc(/C=N\n2c(-c3ccc(F)cc3)csc2=Nc2cccc(S(=O)(=O)N(C)C)c2)cc1. The molecule has 0 saturated heterocycles. The zero-order valence-electron chi connectivity index (χ0n) is 20.5. The summed E-state index contributed by atoms with van der Waals surface area (Å²) in [4.78, 5) is 5.40. The molecule has 6 nitrogen and oxygen atoms in total. The van der Waals surface area contributed by atoms with Crippen molar-refractivity contribution in [2.45, 2.75) is 24.7 Å². The fraction of sp³-hybridized carbons (Fsp3) is 0.185. The maximum atomic E-state index is 13.5. The Labute approximate surface area is 214 Å². The number of benzene rings is 3. The molecule has 0 saturated carbocycles. The Morgan fingerprint density at radius 3 is 2.33 bits per heavy atom. The molecule has 36 heavy (non-hydrogen) atoms. The van der Waals surface area contributed by atoms with Crippen molar-refractivity contribution >= 4 is 33.3 Å². The molecule has 0 radical (unpaired) electrons. The van der Waals surface area contributed by atoms with Gasteiger partial charge in [-0.1, -0.05) is 44.2 Å². The number of halogens is 1. The fourth-order valence-corrected chi connectivity index (χ4v) is 5.23. The van der Waals surface area contributed by atoms with Gasteiger partial charge >= 0.3 is 0 Å². The van der Waals surface area contributed by atoms with E-state index in [9.17, 15) is 12.8 Å². The van der Waals surface area contributed by atoms with Crippen LogP contribution >= 0.6 is 11.3 Å². The molecule has 1 heterocycles. The summed E-state index contributed by atoms with van der Waals surface area (Å²) in [5, 5.41) is 6.59. The Hall–Kier alpha value is -3.40. The first-order valence-electron chi connectivity index (χ1n) is 11.3. The molecule has 9 heteroatoms. The zero-order chi connectivity index (χ0) is 25.9. The predicted molar refractivity (Wildman–Crippen MR) is 144 cm³/mol. The molecular formula is C27H27FN4O2S2. The minimum atomic E-state index is -3.59. The van der Waals surface area contributed by atoms with Gasteiger partial charge in [-0.05, 0) is 59.5 Å². The number of hydrogen-bond donors (Lipinski definition) is 0. The molecule has 0 atom stereocenters. The third-order valence-corrected chi connectivity index (χ3v) is 8.20. The van der Waals surface area contributed by atoms with Crippen LogP contribution in [-0.4, -0.2) is 37.7 Å². The molecule has 0 aliphatic carbocycles. The smallest absolute Gasteiger partial charge is 0.220 e. The van der Waals surface area contributed by atoms with Crippen molar-refractivity contribution < 1.29 is 12.8 Å². The van der Waals surface area contributed by atoms with Crippen LogP contribution in [0.5, 0.6) is 0 Å². The molecule has 4 rings (SSSR count). The Balaban J connectivity index is 1.81. The van der Waals surface area contributed by atoms with Gasteiger partial charge in [0, 0.05) is 25.0 Å². The first kappa shape index (κ1) is 25.7. The molecule has 4 aromatic rings. The number of nitrogens with zero attached hydrogens (tertiary/aromatic N) is 4. The van der Waals surface area contributed by atoms with Gasteiger partial charge in [-0.2, -0.15) is 5.10 Å². The highest BCUT2D eigenvalue weighted by molar-refractivity contribution is 7.89. The number of sulfonamides is 1. The molecule has 0 aliphatic heterocycles. The second-order valence-corrected chi connectivity index (χ2v) is 11.7. The van der Waals surface area contributed by atoms with E-state index >= 15 is 0 Å². The van der Waals surface area contributed by atoms with Crippen LogP contribution in [0.2, 0.25) is 0 Å². The Morgan fingerprint density at radius 2 is 1.69 bits per heavy atom. The highest BCUT2D eigenvalue weighted by Gasteiger charge is 2.17. The molecule has 1 aromatic heterocycles. The Kier molecular flexibility index (Phi) is 7.63. The summed E-state index contributed by atoms with van der Waals surface area (Å²) in [6, 6.07) is 20.8. The third-order valence-electron chi connectivity index (χ3n) is 5.57. The van der Waals surface area contributed by atoms with E-state index in [4.69, 9.17) is 10.1 Å². The molecule has 0 amide bonds. The van der Waals surface area contributed by atoms with E-state index in [1.165, 1.54) is 53.5 Å². The van der Waals surface area contributed by atoms with E-state index in [0.717, 1.165) is 16.8 Å². The zero-order valence-corrected chi connectivity index (χ0v) is 22.1. The van der Waals surface area contributed by atoms with E-state index < -0.39 is 10.0 Å². The van der Waals surface area contributed by atoms with Crippen molar-refractivity contribution in [3.05, 3.63) is 99.9 Å². The van der Waals surface area contributed by atoms with Gasteiger partial charge in [0.05, 0.1) is 22.5 Å². The average molecular weight is 523 g/mol. The van der Waals surface area contributed by atoms with Gasteiger partial charge in [0.25, 0.3) is 0 Å².